The quantitative estimate of drug-likeness (QED) is 0.349. The van der Waals surface area contributed by atoms with E-state index in [2.05, 4.69) is 10.6 Å². The summed E-state index contributed by atoms with van der Waals surface area (Å²) in [4.78, 5) is 12.9. The second-order valence-electron chi connectivity index (χ2n) is 10.5. The molecule has 0 spiro atoms. The maximum absolute atomic E-state index is 12.9. The van der Waals surface area contributed by atoms with Crippen LogP contribution in [0, 0.1) is 5.92 Å². The molecule has 10 nitrogen and oxygen atoms in total. The van der Waals surface area contributed by atoms with Crippen LogP contribution >= 0.6 is 11.6 Å². The minimum absolute atomic E-state index is 0.0907. The molecule has 3 aliphatic rings. The van der Waals surface area contributed by atoms with Gasteiger partial charge in [-0.2, -0.15) is 0 Å². The Morgan fingerprint density at radius 1 is 1.24 bits per heavy atom. The SMILES string of the molecule is COc1cc2cc(c1Cl)NC(=O)CC(O)C1(C)OC1C(C)C1CC(O)(NC(O)O1)C(OC)/C=C/C=C(\C)C2. The van der Waals surface area contributed by atoms with Crippen molar-refractivity contribution in [3.05, 3.63) is 46.5 Å². The van der Waals surface area contributed by atoms with Crippen molar-refractivity contribution >= 4 is 23.2 Å². The average Bonchev–Trinajstić information content (AvgIpc) is 3.54. The third-order valence-electron chi connectivity index (χ3n) is 7.65. The number of epoxide rings is 1. The highest BCUT2D eigenvalue weighted by Gasteiger charge is 2.62. The van der Waals surface area contributed by atoms with Gasteiger partial charge in [0.2, 0.25) is 12.3 Å². The van der Waals surface area contributed by atoms with Crippen molar-refractivity contribution in [2.75, 3.05) is 19.5 Å². The predicted octanol–water partition coefficient (Wildman–Crippen LogP) is 2.25. The van der Waals surface area contributed by atoms with Crippen LogP contribution in [0.15, 0.2) is 35.9 Å². The van der Waals surface area contributed by atoms with E-state index in [0.29, 0.717) is 17.9 Å². The molecule has 1 aromatic carbocycles. The van der Waals surface area contributed by atoms with Crippen LogP contribution < -0.4 is 15.4 Å². The molecule has 0 aromatic heterocycles. The number of amides is 1. The highest BCUT2D eigenvalue weighted by molar-refractivity contribution is 6.35. The van der Waals surface area contributed by atoms with E-state index in [4.69, 9.17) is 30.5 Å². The summed E-state index contributed by atoms with van der Waals surface area (Å²) in [6, 6.07) is 3.58. The Balaban J connectivity index is 1.71. The molecule has 8 unspecified atom stereocenters. The van der Waals surface area contributed by atoms with E-state index < -0.39 is 48.1 Å². The van der Waals surface area contributed by atoms with Crippen molar-refractivity contribution in [1.82, 2.24) is 5.32 Å². The van der Waals surface area contributed by atoms with Gasteiger partial charge in [-0.3, -0.25) is 4.79 Å². The number of fused-ring (bicyclic) bond motifs is 5. The number of carbonyl (C=O) groups excluding carboxylic acids is 1. The van der Waals surface area contributed by atoms with Crippen LogP contribution in [0.4, 0.5) is 5.69 Å². The first-order valence-electron chi connectivity index (χ1n) is 12.6. The Bertz CT molecular complexity index is 1110. The summed E-state index contributed by atoms with van der Waals surface area (Å²) < 4.78 is 22.6. The van der Waals surface area contributed by atoms with Gasteiger partial charge in [0.15, 0.2) is 5.72 Å². The van der Waals surface area contributed by atoms with Crippen LogP contribution in [0.2, 0.25) is 5.02 Å². The summed E-state index contributed by atoms with van der Waals surface area (Å²) in [5, 5.41) is 38.5. The molecule has 38 heavy (non-hydrogen) atoms. The summed E-state index contributed by atoms with van der Waals surface area (Å²) in [5.41, 5.74) is -0.422. The summed E-state index contributed by atoms with van der Waals surface area (Å²) in [6.07, 6.45) is 1.32. The monoisotopic (exact) mass is 552 g/mol. The topological polar surface area (TPSA) is 142 Å². The molecule has 11 heteroatoms. The average molecular weight is 553 g/mol. The highest BCUT2D eigenvalue weighted by atomic mass is 35.5. The van der Waals surface area contributed by atoms with Crippen LogP contribution in [-0.2, 0) is 25.4 Å². The largest absolute Gasteiger partial charge is 0.495 e. The molecule has 8 atom stereocenters. The van der Waals surface area contributed by atoms with E-state index in [9.17, 15) is 20.1 Å². The van der Waals surface area contributed by atoms with Crippen LogP contribution in [-0.4, -0.2) is 77.6 Å². The molecule has 3 aliphatic heterocycles. The first-order valence-corrected chi connectivity index (χ1v) is 13.0. The summed E-state index contributed by atoms with van der Waals surface area (Å²) >= 11 is 6.47. The number of anilines is 1. The number of methoxy groups -OCH3 is 2. The number of ether oxygens (including phenoxy) is 4. The Hall–Kier alpha value is -2.02. The molecule has 2 saturated heterocycles. The van der Waals surface area contributed by atoms with Crippen molar-refractivity contribution in [3.8, 4) is 5.75 Å². The van der Waals surface area contributed by atoms with E-state index >= 15 is 0 Å². The number of carbonyl (C=O) groups is 1. The molecule has 0 aliphatic carbocycles. The zero-order valence-electron chi connectivity index (χ0n) is 22.2. The van der Waals surface area contributed by atoms with Crippen molar-refractivity contribution in [2.24, 2.45) is 5.92 Å². The first-order chi connectivity index (χ1) is 17.9. The van der Waals surface area contributed by atoms with Gasteiger partial charge in [-0.15, -0.1) is 0 Å². The van der Waals surface area contributed by atoms with Gasteiger partial charge in [-0.05, 0) is 38.0 Å². The zero-order chi connectivity index (χ0) is 27.8. The summed E-state index contributed by atoms with van der Waals surface area (Å²) in [7, 11) is 2.98. The molecule has 4 bridgehead atoms. The van der Waals surface area contributed by atoms with Gasteiger partial charge in [0.25, 0.3) is 0 Å². The Morgan fingerprint density at radius 2 is 1.97 bits per heavy atom. The third kappa shape index (κ3) is 5.93. The number of rotatable bonds is 2. The number of aliphatic hydroxyl groups excluding tert-OH is 2. The van der Waals surface area contributed by atoms with Crippen molar-refractivity contribution in [1.29, 1.82) is 0 Å². The maximum atomic E-state index is 12.9. The highest BCUT2D eigenvalue weighted by Crippen LogP contribution is 2.48. The van der Waals surface area contributed by atoms with E-state index in [0.717, 1.165) is 11.1 Å². The number of aliphatic hydroxyl groups is 3. The smallest absolute Gasteiger partial charge is 0.227 e. The first kappa shape index (κ1) is 29.0. The van der Waals surface area contributed by atoms with Crippen LogP contribution in [0.5, 0.6) is 5.75 Å². The van der Waals surface area contributed by atoms with Gasteiger partial charge >= 0.3 is 0 Å². The normalized spacial score (nSPS) is 40.3. The lowest BCUT2D eigenvalue weighted by Crippen LogP contribution is -2.65. The van der Waals surface area contributed by atoms with E-state index in [1.807, 2.05) is 19.9 Å². The summed E-state index contributed by atoms with van der Waals surface area (Å²) in [5.74, 6) is -0.345. The van der Waals surface area contributed by atoms with E-state index in [1.165, 1.54) is 14.2 Å². The van der Waals surface area contributed by atoms with Gasteiger partial charge in [-0.25, -0.2) is 5.32 Å². The number of halogens is 1. The second kappa shape index (κ2) is 11.2. The number of benzene rings is 1. The Morgan fingerprint density at radius 3 is 2.66 bits per heavy atom. The van der Waals surface area contributed by atoms with Gasteiger partial charge < -0.3 is 39.6 Å². The zero-order valence-corrected chi connectivity index (χ0v) is 23.0. The summed E-state index contributed by atoms with van der Waals surface area (Å²) in [6.45, 7) is 5.53. The fourth-order valence-electron chi connectivity index (χ4n) is 5.38. The maximum Gasteiger partial charge on any atom is 0.227 e. The third-order valence-corrected chi connectivity index (χ3v) is 8.04. The molecular weight excluding hydrogens is 516 g/mol. The minimum atomic E-state index is -1.63. The van der Waals surface area contributed by atoms with Crippen LogP contribution in [0.1, 0.15) is 39.2 Å². The van der Waals surface area contributed by atoms with Gasteiger partial charge in [0, 0.05) is 19.4 Å². The number of nitrogens with one attached hydrogen (secondary N) is 2. The standard InChI is InChI=1S/C27H37ClN2O8/c1-14-7-6-8-21(36-5)27(34)13-19(37-25(33)30-27)15(2)24-26(3,38-24)20(31)12-22(32)29-17-10-16(9-14)11-18(35-4)23(17)28/h6-8,10-11,15,19-21,24-25,30-31,33-34H,9,12-13H2,1-5H3,(H,29,32)/b8-6+,14-7+. The number of allylic oxidation sites excluding steroid dienone is 3. The number of hydrogen-bond donors (Lipinski definition) is 5. The van der Waals surface area contributed by atoms with E-state index in [-0.39, 0.29) is 23.8 Å². The van der Waals surface area contributed by atoms with Gasteiger partial charge in [-0.1, -0.05) is 42.3 Å². The predicted molar refractivity (Wildman–Crippen MR) is 141 cm³/mol. The lowest BCUT2D eigenvalue weighted by atomic mass is 9.84. The minimum Gasteiger partial charge on any atom is -0.495 e. The Kier molecular flexibility index (Phi) is 8.56. The van der Waals surface area contributed by atoms with Crippen LogP contribution in [0.25, 0.3) is 0 Å². The fourth-order valence-corrected chi connectivity index (χ4v) is 5.61. The van der Waals surface area contributed by atoms with Crippen molar-refractivity contribution in [2.45, 2.75) is 82.2 Å². The van der Waals surface area contributed by atoms with Crippen LogP contribution in [0.3, 0.4) is 0 Å². The van der Waals surface area contributed by atoms with Crippen molar-refractivity contribution in [3.63, 3.8) is 0 Å². The molecule has 4 rings (SSSR count). The molecule has 210 valence electrons. The Labute approximate surface area is 227 Å². The lowest BCUT2D eigenvalue weighted by molar-refractivity contribution is -0.270. The second-order valence-corrected chi connectivity index (χ2v) is 10.9. The lowest BCUT2D eigenvalue weighted by Gasteiger charge is -2.44. The molecule has 0 radical (unpaired) electrons. The van der Waals surface area contributed by atoms with E-state index in [1.54, 1.807) is 31.2 Å². The molecule has 3 heterocycles. The molecule has 1 amide bonds. The number of hydrogen-bond acceptors (Lipinski definition) is 9. The van der Waals surface area contributed by atoms with Crippen molar-refractivity contribution < 1.29 is 39.1 Å². The molecule has 2 fully saturated rings. The molecule has 0 saturated carbocycles. The molecule has 1 aromatic rings. The fraction of sp³-hybridized carbons (Fsp3) is 0.593. The van der Waals surface area contributed by atoms with Gasteiger partial charge in [0.05, 0.1) is 37.5 Å². The molecular formula is C27H37ClN2O8. The van der Waals surface area contributed by atoms with Gasteiger partial charge in [0.1, 0.15) is 22.5 Å². The molecule has 5 N–H and O–H groups in total.